The predicted octanol–water partition coefficient (Wildman–Crippen LogP) is 5.18. The first-order valence-electron chi connectivity index (χ1n) is 4.87. The van der Waals surface area contributed by atoms with Crippen LogP contribution in [0.5, 0.6) is 0 Å². The molecule has 0 spiro atoms. The molecule has 2 rings (SSSR count). The topological polar surface area (TPSA) is 17.1 Å². The van der Waals surface area contributed by atoms with Crippen LogP contribution in [0.3, 0.4) is 0 Å². The summed E-state index contributed by atoms with van der Waals surface area (Å²) in [6.07, 6.45) is 0.883. The summed E-state index contributed by atoms with van der Waals surface area (Å²) in [6, 6.07) is 13.7. The van der Waals surface area contributed by atoms with Gasteiger partial charge in [-0.15, -0.1) is 0 Å². The van der Waals surface area contributed by atoms with Gasteiger partial charge in [0.05, 0.1) is 0 Å². The minimum Gasteiger partial charge on any atom is -0.298 e. The van der Waals surface area contributed by atoms with E-state index in [0.29, 0.717) is 5.56 Å². The Morgan fingerprint density at radius 1 is 0.941 bits per heavy atom. The molecule has 0 saturated carbocycles. The van der Waals surface area contributed by atoms with Gasteiger partial charge in [0.1, 0.15) is 0 Å². The molecule has 0 atom stereocenters. The van der Waals surface area contributed by atoms with Gasteiger partial charge in [0.25, 0.3) is 0 Å². The van der Waals surface area contributed by atoms with Gasteiger partial charge in [0, 0.05) is 24.3 Å². The molecule has 0 fully saturated rings. The fraction of sp³-hybridized carbons (Fsp3) is 0. The molecule has 0 heterocycles. The van der Waals surface area contributed by atoms with Gasteiger partial charge in [-0.05, 0) is 42.5 Å². The van der Waals surface area contributed by atoms with Crippen LogP contribution in [0.4, 0.5) is 0 Å². The molecule has 0 unspecified atom stereocenters. The lowest BCUT2D eigenvalue weighted by molar-refractivity contribution is 0.112. The van der Waals surface area contributed by atoms with Crippen LogP contribution < -0.4 is 0 Å². The summed E-state index contributed by atoms with van der Waals surface area (Å²) < 4.78 is 2.02. The highest BCUT2D eigenvalue weighted by molar-refractivity contribution is 9.10. The second kappa shape index (κ2) is 5.85. The lowest BCUT2D eigenvalue weighted by Crippen LogP contribution is -1.85. The number of carbonyl (C=O) groups is 1. The largest absolute Gasteiger partial charge is 0.298 e. The van der Waals surface area contributed by atoms with Gasteiger partial charge in [-0.25, -0.2) is 0 Å². The number of carbonyl (C=O) groups excluding carboxylic acids is 1. The number of aldehydes is 1. The minimum atomic E-state index is 0.709. The Labute approximate surface area is 121 Å². The van der Waals surface area contributed by atoms with E-state index in [1.807, 2.05) is 42.5 Å². The van der Waals surface area contributed by atoms with Gasteiger partial charge >= 0.3 is 0 Å². The third-order valence-electron chi connectivity index (χ3n) is 2.14. The predicted molar refractivity (Wildman–Crippen MR) is 77.8 cm³/mol. The average molecular weight is 372 g/mol. The average Bonchev–Trinajstić information content (AvgIpc) is 2.32. The molecule has 0 aliphatic carbocycles. The first-order chi connectivity index (χ1) is 8.19. The van der Waals surface area contributed by atoms with Crippen LogP contribution in [0.1, 0.15) is 10.4 Å². The number of rotatable bonds is 3. The zero-order chi connectivity index (χ0) is 12.3. The molecule has 2 aromatic carbocycles. The molecule has 86 valence electrons. The molecule has 0 saturated heterocycles. The summed E-state index contributed by atoms with van der Waals surface area (Å²) in [5.74, 6) is 0. The number of benzene rings is 2. The normalized spacial score (nSPS) is 10.2. The zero-order valence-corrected chi connectivity index (χ0v) is 12.7. The van der Waals surface area contributed by atoms with Crippen molar-refractivity contribution in [2.24, 2.45) is 0 Å². The van der Waals surface area contributed by atoms with Gasteiger partial charge < -0.3 is 0 Å². The molecule has 4 heteroatoms. The maximum Gasteiger partial charge on any atom is 0.151 e. The smallest absolute Gasteiger partial charge is 0.151 e. The molecule has 0 aliphatic rings. The Hall–Kier alpha value is -0.580. The quantitative estimate of drug-likeness (QED) is 0.692. The first-order valence-corrected chi connectivity index (χ1v) is 7.27. The van der Waals surface area contributed by atoms with E-state index >= 15 is 0 Å². The van der Waals surface area contributed by atoms with Crippen LogP contribution in [0.15, 0.2) is 61.2 Å². The molecular weight excluding hydrogens is 364 g/mol. The highest BCUT2D eigenvalue weighted by atomic mass is 79.9. The third-order valence-corrected chi connectivity index (χ3v) is 4.25. The van der Waals surface area contributed by atoms with Crippen LogP contribution in [-0.2, 0) is 0 Å². The highest BCUT2D eigenvalue weighted by Crippen LogP contribution is 2.32. The maximum atomic E-state index is 10.9. The lowest BCUT2D eigenvalue weighted by Gasteiger charge is -2.05. The number of halogens is 2. The summed E-state index contributed by atoms with van der Waals surface area (Å²) in [5, 5.41) is 0. The molecule has 0 aromatic heterocycles. The standard InChI is InChI=1S/C13H8Br2OS/c14-10-3-5-12(6-4-10)17-13-7-11(15)2-1-9(13)8-16/h1-8H. The van der Waals surface area contributed by atoms with Crippen molar-refractivity contribution in [2.75, 3.05) is 0 Å². The zero-order valence-electron chi connectivity index (χ0n) is 8.69. The van der Waals surface area contributed by atoms with Crippen molar-refractivity contribution in [2.45, 2.75) is 9.79 Å². The second-order valence-electron chi connectivity index (χ2n) is 3.36. The van der Waals surface area contributed by atoms with E-state index in [9.17, 15) is 4.79 Å². The van der Waals surface area contributed by atoms with Crippen molar-refractivity contribution in [3.05, 3.63) is 57.0 Å². The fourth-order valence-electron chi connectivity index (χ4n) is 1.32. The second-order valence-corrected chi connectivity index (χ2v) is 6.30. The van der Waals surface area contributed by atoms with Crippen molar-refractivity contribution < 1.29 is 4.79 Å². The van der Waals surface area contributed by atoms with Crippen molar-refractivity contribution in [1.29, 1.82) is 0 Å². The van der Waals surface area contributed by atoms with Crippen molar-refractivity contribution in [3.8, 4) is 0 Å². The molecule has 2 aromatic rings. The molecule has 1 nitrogen and oxygen atoms in total. The molecule has 0 aliphatic heterocycles. The van der Waals surface area contributed by atoms with Crippen molar-refractivity contribution in [1.82, 2.24) is 0 Å². The number of hydrogen-bond donors (Lipinski definition) is 0. The summed E-state index contributed by atoms with van der Waals surface area (Å²) in [6.45, 7) is 0. The third kappa shape index (κ3) is 3.44. The van der Waals surface area contributed by atoms with Crippen LogP contribution in [0, 0.1) is 0 Å². The van der Waals surface area contributed by atoms with Crippen LogP contribution in [0.2, 0.25) is 0 Å². The van der Waals surface area contributed by atoms with Crippen LogP contribution in [0.25, 0.3) is 0 Å². The van der Waals surface area contributed by atoms with Crippen molar-refractivity contribution in [3.63, 3.8) is 0 Å². The summed E-state index contributed by atoms with van der Waals surface area (Å²) in [5.41, 5.74) is 0.709. The number of hydrogen-bond acceptors (Lipinski definition) is 2. The van der Waals surface area contributed by atoms with E-state index in [1.54, 1.807) is 11.8 Å². The first kappa shape index (κ1) is 12.9. The van der Waals surface area contributed by atoms with Crippen molar-refractivity contribution >= 4 is 49.9 Å². The molecule has 17 heavy (non-hydrogen) atoms. The Morgan fingerprint density at radius 3 is 2.24 bits per heavy atom. The molecule has 0 N–H and O–H groups in total. The van der Waals surface area contributed by atoms with Gasteiger partial charge in [-0.3, -0.25) is 4.79 Å². The van der Waals surface area contributed by atoms with E-state index in [4.69, 9.17) is 0 Å². The van der Waals surface area contributed by atoms with E-state index in [2.05, 4.69) is 31.9 Å². The monoisotopic (exact) mass is 370 g/mol. The Balaban J connectivity index is 2.31. The minimum absolute atomic E-state index is 0.709. The Bertz CT molecular complexity index is 538. The molecular formula is C13H8Br2OS. The highest BCUT2D eigenvalue weighted by Gasteiger charge is 2.04. The van der Waals surface area contributed by atoms with Gasteiger partial charge in [0.2, 0.25) is 0 Å². The summed E-state index contributed by atoms with van der Waals surface area (Å²) in [7, 11) is 0. The summed E-state index contributed by atoms with van der Waals surface area (Å²) >= 11 is 8.39. The van der Waals surface area contributed by atoms with E-state index in [0.717, 1.165) is 25.0 Å². The maximum absolute atomic E-state index is 10.9. The van der Waals surface area contributed by atoms with E-state index in [1.165, 1.54) is 0 Å². The summed E-state index contributed by atoms with van der Waals surface area (Å²) in [4.78, 5) is 13.0. The van der Waals surface area contributed by atoms with E-state index in [-0.39, 0.29) is 0 Å². The molecule has 0 radical (unpaired) electrons. The SMILES string of the molecule is O=Cc1ccc(Br)cc1Sc1ccc(Br)cc1. The molecule has 0 bridgehead atoms. The van der Waals surface area contributed by atoms with Gasteiger partial charge in [-0.2, -0.15) is 0 Å². The van der Waals surface area contributed by atoms with E-state index < -0.39 is 0 Å². The molecule has 0 amide bonds. The van der Waals surface area contributed by atoms with Gasteiger partial charge in [-0.1, -0.05) is 43.6 Å². The Morgan fingerprint density at radius 2 is 1.59 bits per heavy atom. The van der Waals surface area contributed by atoms with Gasteiger partial charge in [0.15, 0.2) is 6.29 Å². The fourth-order valence-corrected chi connectivity index (χ4v) is 3.05. The van der Waals surface area contributed by atoms with Crippen LogP contribution in [-0.4, -0.2) is 6.29 Å². The van der Waals surface area contributed by atoms with Crippen LogP contribution >= 0.6 is 43.6 Å². The lowest BCUT2D eigenvalue weighted by atomic mass is 10.2. The Kier molecular flexibility index (Phi) is 4.42.